The Kier molecular flexibility index (Phi) is 5.71. The number of aliphatic hydroxyl groups excluding tert-OH is 1. The van der Waals surface area contributed by atoms with E-state index in [9.17, 15) is 10.2 Å². The van der Waals surface area contributed by atoms with Crippen LogP contribution in [0.5, 0.6) is 0 Å². The topological polar surface area (TPSA) is 43.7 Å². The maximum Gasteiger partial charge on any atom is 0.0923 e. The molecule has 5 heteroatoms. The molecule has 134 valence electrons. The Bertz CT molecular complexity index is 742. The third-order valence-electron chi connectivity index (χ3n) is 5.09. The third kappa shape index (κ3) is 4.18. The Labute approximate surface area is 158 Å². The number of rotatable bonds is 4. The Morgan fingerprint density at radius 1 is 1.08 bits per heavy atom. The van der Waals surface area contributed by atoms with Gasteiger partial charge in [0.25, 0.3) is 0 Å². The molecule has 1 aliphatic heterocycles. The highest BCUT2D eigenvalue weighted by Crippen LogP contribution is 2.35. The lowest BCUT2D eigenvalue weighted by Crippen LogP contribution is -2.44. The predicted octanol–water partition coefficient (Wildman–Crippen LogP) is 4.32. The molecule has 0 spiro atoms. The number of benzene rings is 2. The molecule has 0 aliphatic carbocycles. The molecule has 1 aliphatic rings. The molecular formula is C20H23Cl2NO2. The third-order valence-corrected chi connectivity index (χ3v) is 5.83. The van der Waals surface area contributed by atoms with Crippen molar-refractivity contribution < 1.29 is 10.2 Å². The number of hydrogen-bond acceptors (Lipinski definition) is 3. The second-order valence-corrected chi connectivity index (χ2v) is 7.65. The fraction of sp³-hybridized carbons (Fsp3) is 0.400. The molecule has 0 bridgehead atoms. The van der Waals surface area contributed by atoms with Gasteiger partial charge < -0.3 is 15.1 Å². The van der Waals surface area contributed by atoms with E-state index in [0.717, 1.165) is 29.8 Å². The molecule has 2 aromatic rings. The van der Waals surface area contributed by atoms with E-state index in [0.29, 0.717) is 29.4 Å². The van der Waals surface area contributed by atoms with E-state index in [1.54, 1.807) is 18.2 Å². The zero-order chi connectivity index (χ0) is 18.0. The average Bonchev–Trinajstić information content (AvgIpc) is 2.60. The van der Waals surface area contributed by atoms with Gasteiger partial charge in [-0.1, -0.05) is 53.5 Å². The highest BCUT2D eigenvalue weighted by atomic mass is 35.5. The zero-order valence-corrected chi connectivity index (χ0v) is 15.8. The normalized spacial score (nSPS) is 18.9. The van der Waals surface area contributed by atoms with Crippen molar-refractivity contribution in [3.05, 3.63) is 69.2 Å². The van der Waals surface area contributed by atoms with Crippen LogP contribution < -0.4 is 0 Å². The van der Waals surface area contributed by atoms with E-state index in [4.69, 9.17) is 23.2 Å². The van der Waals surface area contributed by atoms with Crippen molar-refractivity contribution in [2.24, 2.45) is 0 Å². The van der Waals surface area contributed by atoms with Crippen LogP contribution >= 0.6 is 23.2 Å². The summed E-state index contributed by atoms with van der Waals surface area (Å²) in [5, 5.41) is 22.4. The molecule has 0 radical (unpaired) electrons. The lowest BCUT2D eigenvalue weighted by Gasteiger charge is -2.39. The Morgan fingerprint density at radius 3 is 2.40 bits per heavy atom. The van der Waals surface area contributed by atoms with E-state index < -0.39 is 11.7 Å². The van der Waals surface area contributed by atoms with Gasteiger partial charge in [0.1, 0.15) is 0 Å². The molecule has 1 fully saturated rings. The van der Waals surface area contributed by atoms with E-state index in [2.05, 4.69) is 4.90 Å². The minimum Gasteiger partial charge on any atom is -0.387 e. The summed E-state index contributed by atoms with van der Waals surface area (Å²) in [6.07, 6.45) is 0.692. The van der Waals surface area contributed by atoms with Crippen LogP contribution in [0.2, 0.25) is 10.0 Å². The van der Waals surface area contributed by atoms with Crippen molar-refractivity contribution in [2.45, 2.75) is 31.5 Å². The van der Waals surface area contributed by atoms with Crippen LogP contribution in [0.25, 0.3) is 0 Å². The molecule has 1 unspecified atom stereocenters. The van der Waals surface area contributed by atoms with Crippen LogP contribution in [-0.4, -0.2) is 34.7 Å². The fourth-order valence-corrected chi connectivity index (χ4v) is 3.85. The second-order valence-electron chi connectivity index (χ2n) is 6.84. The van der Waals surface area contributed by atoms with Gasteiger partial charge in [-0.05, 0) is 48.6 Å². The van der Waals surface area contributed by atoms with E-state index in [1.807, 2.05) is 31.2 Å². The highest BCUT2D eigenvalue weighted by Gasteiger charge is 2.35. The van der Waals surface area contributed by atoms with Crippen LogP contribution in [0.3, 0.4) is 0 Å². The van der Waals surface area contributed by atoms with Gasteiger partial charge in [0.2, 0.25) is 0 Å². The van der Waals surface area contributed by atoms with Crippen molar-refractivity contribution in [3.63, 3.8) is 0 Å². The first-order valence-corrected chi connectivity index (χ1v) is 9.28. The summed E-state index contributed by atoms with van der Waals surface area (Å²) in [4.78, 5) is 2.18. The van der Waals surface area contributed by atoms with Crippen LogP contribution in [0, 0.1) is 6.92 Å². The van der Waals surface area contributed by atoms with Crippen molar-refractivity contribution in [2.75, 3.05) is 19.6 Å². The van der Waals surface area contributed by atoms with Gasteiger partial charge in [-0.3, -0.25) is 0 Å². The molecule has 1 atom stereocenters. The molecule has 1 heterocycles. The van der Waals surface area contributed by atoms with E-state index in [-0.39, 0.29) is 0 Å². The minimum atomic E-state index is -0.781. The number of aryl methyl sites for hydroxylation is 1. The standard InChI is InChI=1S/C20H23Cl2NO2/c1-14-4-2-3-5-16(14)20(25)8-10-23(11-9-20)13-19(24)15-6-7-17(21)18(22)12-15/h2-7,12,19,24-25H,8-11,13H2,1H3. The van der Waals surface area contributed by atoms with Gasteiger partial charge in [0, 0.05) is 19.6 Å². The molecule has 3 rings (SSSR count). The summed E-state index contributed by atoms with van der Waals surface area (Å²) in [6, 6.07) is 13.2. The van der Waals surface area contributed by atoms with Crippen molar-refractivity contribution in [3.8, 4) is 0 Å². The maximum atomic E-state index is 11.0. The molecule has 2 aromatic carbocycles. The van der Waals surface area contributed by atoms with Crippen LogP contribution in [0.4, 0.5) is 0 Å². The van der Waals surface area contributed by atoms with Gasteiger partial charge in [-0.25, -0.2) is 0 Å². The number of nitrogens with zero attached hydrogens (tertiary/aromatic N) is 1. The summed E-state index contributed by atoms with van der Waals surface area (Å²) in [5.74, 6) is 0. The average molecular weight is 380 g/mol. The van der Waals surface area contributed by atoms with E-state index >= 15 is 0 Å². The quantitative estimate of drug-likeness (QED) is 0.831. The SMILES string of the molecule is Cc1ccccc1C1(O)CCN(CC(O)c2ccc(Cl)c(Cl)c2)CC1. The molecular weight excluding hydrogens is 357 g/mol. The highest BCUT2D eigenvalue weighted by molar-refractivity contribution is 6.42. The summed E-state index contributed by atoms with van der Waals surface area (Å²) < 4.78 is 0. The Morgan fingerprint density at radius 2 is 1.76 bits per heavy atom. The first-order chi connectivity index (χ1) is 11.9. The number of piperidine rings is 1. The van der Waals surface area contributed by atoms with Crippen molar-refractivity contribution in [1.82, 2.24) is 4.90 Å². The van der Waals surface area contributed by atoms with Crippen molar-refractivity contribution in [1.29, 1.82) is 0 Å². The fourth-order valence-electron chi connectivity index (χ4n) is 3.54. The molecule has 3 nitrogen and oxygen atoms in total. The van der Waals surface area contributed by atoms with Crippen molar-refractivity contribution >= 4 is 23.2 Å². The van der Waals surface area contributed by atoms with E-state index in [1.165, 1.54) is 0 Å². The van der Waals surface area contributed by atoms with Gasteiger partial charge >= 0.3 is 0 Å². The first-order valence-electron chi connectivity index (χ1n) is 8.53. The number of hydrogen-bond donors (Lipinski definition) is 2. The molecule has 0 amide bonds. The lowest BCUT2D eigenvalue weighted by molar-refractivity contribution is -0.0348. The Balaban J connectivity index is 1.62. The van der Waals surface area contributed by atoms with Crippen LogP contribution in [0.15, 0.2) is 42.5 Å². The largest absolute Gasteiger partial charge is 0.387 e. The minimum absolute atomic E-state index is 0.450. The maximum absolute atomic E-state index is 11.0. The number of aliphatic hydroxyl groups is 2. The van der Waals surface area contributed by atoms with Gasteiger partial charge in [0.15, 0.2) is 0 Å². The van der Waals surface area contributed by atoms with Gasteiger partial charge in [-0.15, -0.1) is 0 Å². The number of β-amino-alcohol motifs (C(OH)–C–C–N with tert-alkyl or cyclic N) is 1. The smallest absolute Gasteiger partial charge is 0.0923 e. The van der Waals surface area contributed by atoms with Crippen LogP contribution in [-0.2, 0) is 5.60 Å². The molecule has 0 saturated carbocycles. The summed E-state index contributed by atoms with van der Waals surface area (Å²) in [6.45, 7) is 4.03. The summed E-state index contributed by atoms with van der Waals surface area (Å²) in [7, 11) is 0. The summed E-state index contributed by atoms with van der Waals surface area (Å²) >= 11 is 12.0. The molecule has 2 N–H and O–H groups in total. The lowest BCUT2D eigenvalue weighted by atomic mass is 9.82. The first kappa shape index (κ1) is 18.7. The predicted molar refractivity (Wildman–Crippen MR) is 102 cm³/mol. The number of likely N-dealkylation sites (tertiary alicyclic amines) is 1. The summed E-state index contributed by atoms with van der Waals surface area (Å²) in [5.41, 5.74) is 2.11. The number of halogens is 2. The molecule has 1 saturated heterocycles. The van der Waals surface area contributed by atoms with Crippen LogP contribution in [0.1, 0.15) is 35.6 Å². The van der Waals surface area contributed by atoms with Gasteiger partial charge in [0.05, 0.1) is 21.8 Å². The second kappa shape index (κ2) is 7.65. The molecule has 0 aromatic heterocycles. The zero-order valence-electron chi connectivity index (χ0n) is 14.3. The molecule has 25 heavy (non-hydrogen) atoms. The van der Waals surface area contributed by atoms with Gasteiger partial charge in [-0.2, -0.15) is 0 Å². The Hall–Kier alpha value is -1.10. The monoisotopic (exact) mass is 379 g/mol.